The molecule has 3 heteroatoms. The molecule has 0 aliphatic rings. The number of hydrogen-bond acceptors (Lipinski definition) is 3. The molecule has 0 saturated heterocycles. The monoisotopic (exact) mass is 225 g/mol. The van der Waals surface area contributed by atoms with E-state index < -0.39 is 5.60 Å². The van der Waals surface area contributed by atoms with E-state index in [1.807, 2.05) is 32.0 Å². The highest BCUT2D eigenvalue weighted by Gasteiger charge is 2.17. The van der Waals surface area contributed by atoms with Crippen molar-refractivity contribution in [1.82, 2.24) is 0 Å². The van der Waals surface area contributed by atoms with Crippen LogP contribution in [0, 0.1) is 0 Å². The predicted molar refractivity (Wildman–Crippen MR) is 67.6 cm³/mol. The Morgan fingerprint density at radius 1 is 1.40 bits per heavy atom. The summed E-state index contributed by atoms with van der Waals surface area (Å²) in [5.74, 6) is 0. The zero-order valence-corrected chi connectivity index (χ0v) is 10.4. The minimum atomic E-state index is -0.633. The Balaban J connectivity index is 2.65. The molecule has 2 N–H and O–H groups in total. The van der Waals surface area contributed by atoms with Crippen LogP contribution >= 0.6 is 11.8 Å². The van der Waals surface area contributed by atoms with E-state index in [1.54, 1.807) is 11.8 Å². The molecule has 0 saturated carbocycles. The van der Waals surface area contributed by atoms with Crippen molar-refractivity contribution in [1.29, 1.82) is 0 Å². The van der Waals surface area contributed by atoms with Gasteiger partial charge < -0.3 is 10.4 Å². The fourth-order valence-electron chi connectivity index (χ4n) is 1.20. The first-order valence-electron chi connectivity index (χ1n) is 5.18. The molecule has 0 radical (unpaired) electrons. The Hall–Kier alpha value is -0.670. The SMILES string of the molecule is CCC(C)(O)CNc1ccccc1SC. The van der Waals surface area contributed by atoms with Crippen molar-refractivity contribution in [3.63, 3.8) is 0 Å². The molecule has 0 heterocycles. The van der Waals surface area contributed by atoms with Gasteiger partial charge >= 0.3 is 0 Å². The molecule has 1 rings (SSSR count). The maximum Gasteiger partial charge on any atom is 0.0788 e. The molecule has 0 aliphatic carbocycles. The average molecular weight is 225 g/mol. The highest BCUT2D eigenvalue weighted by Crippen LogP contribution is 2.25. The summed E-state index contributed by atoms with van der Waals surface area (Å²) in [6.07, 6.45) is 2.81. The number of anilines is 1. The van der Waals surface area contributed by atoms with Gasteiger partial charge in [-0.15, -0.1) is 11.8 Å². The van der Waals surface area contributed by atoms with E-state index in [9.17, 15) is 5.11 Å². The molecule has 0 aliphatic heterocycles. The number of benzene rings is 1. The van der Waals surface area contributed by atoms with Crippen LogP contribution in [0.15, 0.2) is 29.2 Å². The van der Waals surface area contributed by atoms with Crippen LogP contribution in [0.1, 0.15) is 20.3 Å². The lowest BCUT2D eigenvalue weighted by Gasteiger charge is -2.23. The van der Waals surface area contributed by atoms with Crippen molar-refractivity contribution in [3.05, 3.63) is 24.3 Å². The largest absolute Gasteiger partial charge is 0.388 e. The Bertz CT molecular complexity index is 312. The number of para-hydroxylation sites is 1. The van der Waals surface area contributed by atoms with Gasteiger partial charge in [-0.2, -0.15) is 0 Å². The van der Waals surface area contributed by atoms with Gasteiger partial charge in [-0.25, -0.2) is 0 Å². The molecule has 0 fully saturated rings. The molecule has 0 bridgehead atoms. The molecule has 0 amide bonds. The number of rotatable bonds is 5. The summed E-state index contributed by atoms with van der Waals surface area (Å²) < 4.78 is 0. The van der Waals surface area contributed by atoms with Crippen molar-refractivity contribution in [2.24, 2.45) is 0 Å². The van der Waals surface area contributed by atoms with E-state index in [0.717, 1.165) is 12.1 Å². The number of nitrogens with one attached hydrogen (secondary N) is 1. The molecule has 84 valence electrons. The van der Waals surface area contributed by atoms with Crippen LogP contribution in [-0.2, 0) is 0 Å². The van der Waals surface area contributed by atoms with E-state index in [1.165, 1.54) is 4.90 Å². The van der Waals surface area contributed by atoms with Crippen molar-refractivity contribution >= 4 is 17.4 Å². The van der Waals surface area contributed by atoms with Crippen molar-refractivity contribution in [3.8, 4) is 0 Å². The zero-order valence-electron chi connectivity index (χ0n) is 9.58. The van der Waals surface area contributed by atoms with Gasteiger partial charge in [-0.05, 0) is 31.7 Å². The number of aliphatic hydroxyl groups is 1. The van der Waals surface area contributed by atoms with Crippen LogP contribution in [0.2, 0.25) is 0 Å². The van der Waals surface area contributed by atoms with Gasteiger partial charge in [0.25, 0.3) is 0 Å². The van der Waals surface area contributed by atoms with Crippen LogP contribution < -0.4 is 5.32 Å². The smallest absolute Gasteiger partial charge is 0.0788 e. The third kappa shape index (κ3) is 3.76. The molecule has 1 aromatic carbocycles. The van der Waals surface area contributed by atoms with Gasteiger partial charge in [0.05, 0.1) is 5.60 Å². The van der Waals surface area contributed by atoms with E-state index in [2.05, 4.69) is 17.6 Å². The van der Waals surface area contributed by atoms with Gasteiger partial charge in [-0.3, -0.25) is 0 Å². The predicted octanol–water partition coefficient (Wildman–Crippen LogP) is 2.98. The lowest BCUT2D eigenvalue weighted by molar-refractivity contribution is 0.0697. The maximum absolute atomic E-state index is 9.88. The third-order valence-corrected chi connectivity index (χ3v) is 3.32. The second kappa shape index (κ2) is 5.42. The van der Waals surface area contributed by atoms with E-state index in [4.69, 9.17) is 0 Å². The Labute approximate surface area is 96.1 Å². The van der Waals surface area contributed by atoms with Crippen LogP contribution in [-0.4, -0.2) is 23.5 Å². The van der Waals surface area contributed by atoms with E-state index >= 15 is 0 Å². The Kier molecular flexibility index (Phi) is 4.48. The standard InChI is InChI=1S/C12H19NOS/c1-4-12(2,14)9-13-10-7-5-6-8-11(10)15-3/h5-8,13-14H,4,9H2,1-3H3. The second-order valence-corrected chi connectivity index (χ2v) is 4.75. The number of thioether (sulfide) groups is 1. The first-order chi connectivity index (χ1) is 7.09. The van der Waals surface area contributed by atoms with Crippen molar-refractivity contribution in [2.75, 3.05) is 18.1 Å². The normalized spacial score (nSPS) is 14.7. The minimum Gasteiger partial charge on any atom is -0.388 e. The molecular weight excluding hydrogens is 206 g/mol. The first kappa shape index (κ1) is 12.4. The lowest BCUT2D eigenvalue weighted by Crippen LogP contribution is -2.32. The van der Waals surface area contributed by atoms with Crippen LogP contribution in [0.3, 0.4) is 0 Å². The first-order valence-corrected chi connectivity index (χ1v) is 6.41. The van der Waals surface area contributed by atoms with Crippen LogP contribution in [0.25, 0.3) is 0 Å². The van der Waals surface area contributed by atoms with E-state index in [-0.39, 0.29) is 0 Å². The molecule has 15 heavy (non-hydrogen) atoms. The summed E-state index contributed by atoms with van der Waals surface area (Å²) in [7, 11) is 0. The van der Waals surface area contributed by atoms with Gasteiger partial charge in [0, 0.05) is 17.1 Å². The Morgan fingerprint density at radius 2 is 2.07 bits per heavy atom. The highest BCUT2D eigenvalue weighted by atomic mass is 32.2. The van der Waals surface area contributed by atoms with Crippen LogP contribution in [0.5, 0.6) is 0 Å². The van der Waals surface area contributed by atoms with Gasteiger partial charge in [-0.1, -0.05) is 19.1 Å². The van der Waals surface area contributed by atoms with E-state index in [0.29, 0.717) is 6.54 Å². The summed E-state index contributed by atoms with van der Waals surface area (Å²) in [6.45, 7) is 4.42. The molecule has 1 unspecified atom stereocenters. The summed E-state index contributed by atoms with van der Waals surface area (Å²) in [4.78, 5) is 1.21. The maximum atomic E-state index is 9.88. The summed E-state index contributed by atoms with van der Waals surface area (Å²) >= 11 is 1.71. The molecule has 2 nitrogen and oxygen atoms in total. The fourth-order valence-corrected chi connectivity index (χ4v) is 1.78. The molecular formula is C12H19NOS. The molecule has 1 aromatic rings. The highest BCUT2D eigenvalue weighted by molar-refractivity contribution is 7.98. The Morgan fingerprint density at radius 3 is 2.67 bits per heavy atom. The van der Waals surface area contributed by atoms with Crippen molar-refractivity contribution < 1.29 is 5.11 Å². The topological polar surface area (TPSA) is 32.3 Å². The summed E-state index contributed by atoms with van der Waals surface area (Å²) in [5, 5.41) is 13.2. The molecule has 0 aromatic heterocycles. The van der Waals surface area contributed by atoms with Gasteiger partial charge in [0.1, 0.15) is 0 Å². The number of hydrogen-bond donors (Lipinski definition) is 2. The quantitative estimate of drug-likeness (QED) is 0.756. The lowest BCUT2D eigenvalue weighted by atomic mass is 10.0. The second-order valence-electron chi connectivity index (χ2n) is 3.90. The fraction of sp³-hybridized carbons (Fsp3) is 0.500. The van der Waals surface area contributed by atoms with Gasteiger partial charge in [0.15, 0.2) is 0 Å². The third-order valence-electron chi connectivity index (χ3n) is 2.53. The van der Waals surface area contributed by atoms with Gasteiger partial charge in [0.2, 0.25) is 0 Å². The molecule has 0 spiro atoms. The minimum absolute atomic E-state index is 0.584. The van der Waals surface area contributed by atoms with Crippen LogP contribution in [0.4, 0.5) is 5.69 Å². The summed E-state index contributed by atoms with van der Waals surface area (Å²) in [6, 6.07) is 8.14. The average Bonchev–Trinajstić information content (AvgIpc) is 2.27. The molecule has 1 atom stereocenters. The summed E-state index contributed by atoms with van der Waals surface area (Å²) in [5.41, 5.74) is 0.463. The van der Waals surface area contributed by atoms with Crippen molar-refractivity contribution in [2.45, 2.75) is 30.8 Å². The zero-order chi connectivity index (χ0) is 11.3.